The first-order valence-electron chi connectivity index (χ1n) is 8.94. The fourth-order valence-electron chi connectivity index (χ4n) is 2.83. The fraction of sp³-hybridized carbons (Fsp3) is 0.0476. The first-order chi connectivity index (χ1) is 14.9. The number of fused-ring (bicyclic) bond motifs is 1. The molecule has 4 rings (SSSR count). The standard InChI is InChI=1S/C21H13Cl3N4O2S/c22-12-5-7-14(8-6-12)28-20(30)15-3-1-2-4-17(15)26-21(28)31-11-18(29)27-19-16(24)9-13(23)10-25-19/h1-10H,11H2,(H,25,27,29). The molecule has 1 N–H and O–H groups in total. The van der Waals surface area contributed by atoms with Crippen molar-refractivity contribution in [3.05, 3.63) is 86.2 Å². The van der Waals surface area contributed by atoms with E-state index in [9.17, 15) is 9.59 Å². The van der Waals surface area contributed by atoms with Crippen LogP contribution in [0.4, 0.5) is 5.82 Å². The third-order valence-corrected chi connectivity index (χ3v) is 5.91. The summed E-state index contributed by atoms with van der Waals surface area (Å²) in [5.74, 6) is -0.163. The van der Waals surface area contributed by atoms with Crippen molar-refractivity contribution in [2.45, 2.75) is 5.16 Å². The van der Waals surface area contributed by atoms with Gasteiger partial charge in [-0.25, -0.2) is 9.97 Å². The minimum Gasteiger partial charge on any atom is -0.309 e. The van der Waals surface area contributed by atoms with Gasteiger partial charge in [0.2, 0.25) is 5.91 Å². The zero-order valence-corrected chi connectivity index (χ0v) is 18.8. The molecule has 0 fully saturated rings. The second kappa shape index (κ2) is 9.28. The van der Waals surface area contributed by atoms with Crippen molar-refractivity contribution in [3.63, 3.8) is 0 Å². The van der Waals surface area contributed by atoms with E-state index in [-0.39, 0.29) is 28.1 Å². The molecule has 0 unspecified atom stereocenters. The molecule has 2 aromatic heterocycles. The molecule has 6 nitrogen and oxygen atoms in total. The maximum absolute atomic E-state index is 13.2. The highest BCUT2D eigenvalue weighted by molar-refractivity contribution is 7.99. The van der Waals surface area contributed by atoms with E-state index in [4.69, 9.17) is 34.8 Å². The Hall–Kier alpha value is -2.58. The Morgan fingerprint density at radius 3 is 2.52 bits per heavy atom. The van der Waals surface area contributed by atoms with E-state index in [0.29, 0.717) is 31.8 Å². The number of para-hydroxylation sites is 1. The number of benzene rings is 2. The monoisotopic (exact) mass is 490 g/mol. The van der Waals surface area contributed by atoms with Crippen LogP contribution >= 0.6 is 46.6 Å². The van der Waals surface area contributed by atoms with Gasteiger partial charge >= 0.3 is 0 Å². The van der Waals surface area contributed by atoms with Crippen molar-refractivity contribution < 1.29 is 4.79 Å². The van der Waals surface area contributed by atoms with Crippen LogP contribution in [0, 0.1) is 0 Å². The molecule has 4 aromatic rings. The van der Waals surface area contributed by atoms with Crippen LogP contribution in [-0.2, 0) is 4.79 Å². The quantitative estimate of drug-likeness (QED) is 0.296. The predicted octanol–water partition coefficient (Wildman–Crippen LogP) is 5.47. The normalized spacial score (nSPS) is 10.9. The number of amides is 1. The summed E-state index contributed by atoms with van der Waals surface area (Å²) in [6, 6.07) is 15.4. The number of thioether (sulfide) groups is 1. The summed E-state index contributed by atoms with van der Waals surface area (Å²) in [5.41, 5.74) is 0.902. The minimum atomic E-state index is -0.355. The molecular weight excluding hydrogens is 479 g/mol. The molecule has 156 valence electrons. The van der Waals surface area contributed by atoms with E-state index < -0.39 is 0 Å². The zero-order chi connectivity index (χ0) is 22.0. The minimum absolute atomic E-state index is 0.0149. The molecule has 0 saturated heterocycles. The lowest BCUT2D eigenvalue weighted by Crippen LogP contribution is -2.23. The molecular formula is C21H13Cl3N4O2S. The highest BCUT2D eigenvalue weighted by atomic mass is 35.5. The first-order valence-corrected chi connectivity index (χ1v) is 11.1. The Morgan fingerprint density at radius 2 is 1.77 bits per heavy atom. The Kier molecular flexibility index (Phi) is 6.48. The zero-order valence-electron chi connectivity index (χ0n) is 15.7. The van der Waals surface area contributed by atoms with Crippen molar-refractivity contribution in [2.75, 3.05) is 11.1 Å². The summed E-state index contributed by atoms with van der Waals surface area (Å²) < 4.78 is 1.46. The number of hydrogen-bond donors (Lipinski definition) is 1. The van der Waals surface area contributed by atoms with E-state index in [1.807, 2.05) is 0 Å². The number of aromatic nitrogens is 3. The third kappa shape index (κ3) is 4.85. The second-order valence-electron chi connectivity index (χ2n) is 6.35. The topological polar surface area (TPSA) is 76.9 Å². The molecule has 0 aliphatic heterocycles. The van der Waals surface area contributed by atoms with E-state index in [2.05, 4.69) is 15.3 Å². The molecule has 2 heterocycles. The molecule has 0 atom stereocenters. The lowest BCUT2D eigenvalue weighted by Gasteiger charge is -2.13. The van der Waals surface area contributed by atoms with Gasteiger partial charge < -0.3 is 5.32 Å². The lowest BCUT2D eigenvalue weighted by molar-refractivity contribution is -0.113. The average molecular weight is 492 g/mol. The van der Waals surface area contributed by atoms with Crippen molar-refractivity contribution >= 4 is 69.2 Å². The summed E-state index contributed by atoms with van der Waals surface area (Å²) >= 11 is 19.0. The maximum Gasteiger partial charge on any atom is 0.266 e. The van der Waals surface area contributed by atoms with Crippen LogP contribution in [0.2, 0.25) is 15.1 Å². The van der Waals surface area contributed by atoms with Gasteiger partial charge in [-0.2, -0.15) is 0 Å². The average Bonchev–Trinajstić information content (AvgIpc) is 2.75. The Bertz CT molecular complexity index is 1340. The summed E-state index contributed by atoms with van der Waals surface area (Å²) in [4.78, 5) is 34.3. The number of halogens is 3. The van der Waals surface area contributed by atoms with Gasteiger partial charge in [-0.05, 0) is 42.5 Å². The molecule has 31 heavy (non-hydrogen) atoms. The fourth-order valence-corrected chi connectivity index (χ4v) is 4.20. The van der Waals surface area contributed by atoms with E-state index in [0.717, 1.165) is 11.8 Å². The third-order valence-electron chi connectivity index (χ3n) is 4.23. The molecule has 0 aliphatic carbocycles. The maximum atomic E-state index is 13.2. The van der Waals surface area contributed by atoms with Crippen LogP contribution in [0.5, 0.6) is 0 Å². The number of carbonyl (C=O) groups excluding carboxylic acids is 1. The van der Waals surface area contributed by atoms with Gasteiger partial charge in [0, 0.05) is 11.2 Å². The molecule has 0 spiro atoms. The van der Waals surface area contributed by atoms with E-state index >= 15 is 0 Å². The molecule has 2 aromatic carbocycles. The van der Waals surface area contributed by atoms with Gasteiger partial charge in [0.05, 0.1) is 32.4 Å². The molecule has 10 heteroatoms. The van der Waals surface area contributed by atoms with Crippen LogP contribution in [0.1, 0.15) is 0 Å². The second-order valence-corrected chi connectivity index (χ2v) is 8.57. The van der Waals surface area contributed by atoms with Crippen molar-refractivity contribution in [3.8, 4) is 5.69 Å². The summed E-state index contributed by atoms with van der Waals surface area (Å²) in [5, 5.41) is 4.62. The highest BCUT2D eigenvalue weighted by Crippen LogP contribution is 2.25. The molecule has 0 bridgehead atoms. The van der Waals surface area contributed by atoms with Gasteiger partial charge in [0.1, 0.15) is 0 Å². The number of hydrogen-bond acceptors (Lipinski definition) is 5. The number of anilines is 1. The van der Waals surface area contributed by atoms with Crippen LogP contribution in [-0.4, -0.2) is 26.2 Å². The Balaban J connectivity index is 1.66. The van der Waals surface area contributed by atoms with Crippen LogP contribution in [0.15, 0.2) is 70.7 Å². The summed E-state index contributed by atoms with van der Waals surface area (Å²) in [6.07, 6.45) is 1.39. The summed E-state index contributed by atoms with van der Waals surface area (Å²) in [7, 11) is 0. The predicted molar refractivity (Wildman–Crippen MR) is 126 cm³/mol. The Morgan fingerprint density at radius 1 is 1.03 bits per heavy atom. The van der Waals surface area contributed by atoms with Gasteiger partial charge in [0.25, 0.3) is 5.56 Å². The van der Waals surface area contributed by atoms with Crippen molar-refractivity contribution in [1.82, 2.24) is 14.5 Å². The van der Waals surface area contributed by atoms with Crippen LogP contribution in [0.3, 0.4) is 0 Å². The van der Waals surface area contributed by atoms with Gasteiger partial charge in [0.15, 0.2) is 11.0 Å². The summed E-state index contributed by atoms with van der Waals surface area (Å²) in [6.45, 7) is 0. The van der Waals surface area contributed by atoms with Crippen LogP contribution < -0.4 is 10.9 Å². The SMILES string of the molecule is O=C(CSc1nc2ccccc2c(=O)n1-c1ccc(Cl)cc1)Nc1ncc(Cl)cc1Cl. The smallest absolute Gasteiger partial charge is 0.266 e. The van der Waals surface area contributed by atoms with Crippen molar-refractivity contribution in [2.24, 2.45) is 0 Å². The largest absolute Gasteiger partial charge is 0.309 e. The molecule has 0 saturated carbocycles. The number of nitrogens with zero attached hydrogens (tertiary/aromatic N) is 3. The van der Waals surface area contributed by atoms with Gasteiger partial charge in [-0.1, -0.05) is 58.7 Å². The number of pyridine rings is 1. The van der Waals surface area contributed by atoms with E-state index in [1.54, 1.807) is 48.5 Å². The lowest BCUT2D eigenvalue weighted by atomic mass is 10.2. The number of nitrogens with one attached hydrogen (secondary N) is 1. The van der Waals surface area contributed by atoms with E-state index in [1.165, 1.54) is 16.8 Å². The van der Waals surface area contributed by atoms with Crippen LogP contribution in [0.25, 0.3) is 16.6 Å². The number of rotatable bonds is 5. The van der Waals surface area contributed by atoms with Crippen molar-refractivity contribution in [1.29, 1.82) is 0 Å². The van der Waals surface area contributed by atoms with Gasteiger partial charge in [-0.15, -0.1) is 0 Å². The molecule has 1 amide bonds. The molecule has 0 radical (unpaired) electrons. The van der Waals surface area contributed by atoms with Gasteiger partial charge in [-0.3, -0.25) is 14.2 Å². The highest BCUT2D eigenvalue weighted by Gasteiger charge is 2.15. The number of carbonyl (C=O) groups is 1. The molecule has 0 aliphatic rings. The Labute approximate surface area is 196 Å². The first kappa shape index (κ1) is 21.6.